The van der Waals surface area contributed by atoms with Gasteiger partial charge in [0.1, 0.15) is 0 Å². The van der Waals surface area contributed by atoms with Crippen molar-refractivity contribution < 1.29 is 0 Å². The van der Waals surface area contributed by atoms with Crippen LogP contribution in [0.2, 0.25) is 15.1 Å². The van der Waals surface area contributed by atoms with Crippen LogP contribution >= 0.6 is 34.8 Å². The van der Waals surface area contributed by atoms with Crippen LogP contribution in [0.3, 0.4) is 0 Å². The molecule has 0 radical (unpaired) electrons. The first-order valence-corrected chi connectivity index (χ1v) is 7.19. The number of halogens is 3. The first kappa shape index (κ1) is 14.7. The van der Waals surface area contributed by atoms with Crippen LogP contribution in [0.15, 0.2) is 36.4 Å². The Hall–Kier alpha value is -0.730. The van der Waals surface area contributed by atoms with Crippen molar-refractivity contribution in [3.8, 4) is 11.1 Å². The van der Waals surface area contributed by atoms with Gasteiger partial charge in [0.05, 0.1) is 0 Å². The molecule has 0 aromatic heterocycles. The van der Waals surface area contributed by atoms with Crippen molar-refractivity contribution in [3.05, 3.63) is 57.0 Å². The highest BCUT2D eigenvalue weighted by Crippen LogP contribution is 2.34. The molecule has 0 aliphatic carbocycles. The van der Waals surface area contributed by atoms with Crippen molar-refractivity contribution in [2.75, 3.05) is 6.54 Å². The van der Waals surface area contributed by atoms with Crippen molar-refractivity contribution >= 4 is 34.8 Å². The Kier molecular flexibility index (Phi) is 5.12. The lowest BCUT2D eigenvalue weighted by Crippen LogP contribution is -2.12. The third kappa shape index (κ3) is 3.64. The summed E-state index contributed by atoms with van der Waals surface area (Å²) in [6, 6.07) is 11.3. The molecule has 2 rings (SSSR count). The number of hydrogen-bond donors (Lipinski definition) is 1. The molecule has 2 aromatic rings. The highest BCUT2D eigenvalue weighted by atomic mass is 35.5. The Morgan fingerprint density at radius 3 is 2.26 bits per heavy atom. The molecule has 0 aliphatic heterocycles. The molecule has 1 N–H and O–H groups in total. The summed E-state index contributed by atoms with van der Waals surface area (Å²) in [4.78, 5) is 0. The molecule has 100 valence electrons. The van der Waals surface area contributed by atoms with Crippen LogP contribution in [-0.4, -0.2) is 6.54 Å². The fraction of sp³-hybridized carbons (Fsp3) is 0.200. The SMILES string of the molecule is CCNCc1ccc(Cl)cc1-c1ccc(Cl)cc1Cl. The van der Waals surface area contributed by atoms with Gasteiger partial charge < -0.3 is 5.32 Å². The summed E-state index contributed by atoms with van der Waals surface area (Å²) in [5.74, 6) is 0. The second-order valence-corrected chi connectivity index (χ2v) is 5.49. The Labute approximate surface area is 128 Å². The van der Waals surface area contributed by atoms with E-state index in [0.717, 1.165) is 29.8 Å². The minimum atomic E-state index is 0.629. The van der Waals surface area contributed by atoms with Crippen LogP contribution in [0.25, 0.3) is 11.1 Å². The quantitative estimate of drug-likeness (QED) is 0.794. The van der Waals surface area contributed by atoms with E-state index in [0.29, 0.717) is 15.1 Å². The van der Waals surface area contributed by atoms with E-state index in [4.69, 9.17) is 34.8 Å². The molecule has 1 nitrogen and oxygen atoms in total. The molecule has 0 bridgehead atoms. The first-order chi connectivity index (χ1) is 9.11. The van der Waals surface area contributed by atoms with E-state index in [1.165, 1.54) is 0 Å². The lowest BCUT2D eigenvalue weighted by Gasteiger charge is -2.12. The second kappa shape index (κ2) is 6.62. The van der Waals surface area contributed by atoms with Crippen molar-refractivity contribution in [2.24, 2.45) is 0 Å². The molecular formula is C15H14Cl3N. The van der Waals surface area contributed by atoms with E-state index < -0.39 is 0 Å². The number of hydrogen-bond acceptors (Lipinski definition) is 1. The van der Waals surface area contributed by atoms with Crippen molar-refractivity contribution in [2.45, 2.75) is 13.5 Å². The standard InChI is InChI=1S/C15H14Cl3N/c1-2-19-9-10-3-4-11(16)7-14(10)13-6-5-12(17)8-15(13)18/h3-8,19H,2,9H2,1H3. The largest absolute Gasteiger partial charge is 0.313 e. The molecule has 0 atom stereocenters. The fourth-order valence-electron chi connectivity index (χ4n) is 1.92. The summed E-state index contributed by atoms with van der Waals surface area (Å²) < 4.78 is 0. The van der Waals surface area contributed by atoms with Gasteiger partial charge in [-0.25, -0.2) is 0 Å². The summed E-state index contributed by atoms with van der Waals surface area (Å²) in [6.45, 7) is 3.77. The van der Waals surface area contributed by atoms with Crippen LogP contribution in [0, 0.1) is 0 Å². The van der Waals surface area contributed by atoms with Gasteiger partial charge >= 0.3 is 0 Å². The van der Waals surface area contributed by atoms with Gasteiger partial charge in [-0.1, -0.05) is 53.9 Å². The molecule has 0 spiro atoms. The first-order valence-electron chi connectivity index (χ1n) is 6.06. The molecule has 0 fully saturated rings. The maximum absolute atomic E-state index is 6.27. The maximum atomic E-state index is 6.27. The average molecular weight is 315 g/mol. The summed E-state index contributed by atoms with van der Waals surface area (Å²) >= 11 is 18.3. The normalized spacial score (nSPS) is 10.7. The third-order valence-electron chi connectivity index (χ3n) is 2.86. The van der Waals surface area contributed by atoms with Crippen LogP contribution in [0.4, 0.5) is 0 Å². The van der Waals surface area contributed by atoms with E-state index in [2.05, 4.69) is 12.2 Å². The number of rotatable bonds is 4. The summed E-state index contributed by atoms with van der Waals surface area (Å²) in [5.41, 5.74) is 3.15. The average Bonchev–Trinajstić information content (AvgIpc) is 2.37. The molecule has 0 heterocycles. The zero-order valence-corrected chi connectivity index (χ0v) is 12.8. The van der Waals surface area contributed by atoms with Gasteiger partial charge in [-0.15, -0.1) is 0 Å². The highest BCUT2D eigenvalue weighted by molar-refractivity contribution is 6.36. The lowest BCUT2D eigenvalue weighted by molar-refractivity contribution is 0.728. The van der Waals surface area contributed by atoms with Gasteiger partial charge in [0.2, 0.25) is 0 Å². The van der Waals surface area contributed by atoms with Crippen molar-refractivity contribution in [3.63, 3.8) is 0 Å². The Balaban J connectivity index is 2.49. The molecule has 0 saturated carbocycles. The van der Waals surface area contributed by atoms with Crippen molar-refractivity contribution in [1.82, 2.24) is 5.32 Å². The highest BCUT2D eigenvalue weighted by Gasteiger charge is 2.10. The predicted octanol–water partition coefficient (Wildman–Crippen LogP) is 5.42. The molecule has 0 aliphatic rings. The maximum Gasteiger partial charge on any atom is 0.0499 e. The van der Waals surface area contributed by atoms with E-state index in [1.54, 1.807) is 6.07 Å². The summed E-state index contributed by atoms with van der Waals surface area (Å²) in [7, 11) is 0. The Bertz CT molecular complexity index is 582. The second-order valence-electron chi connectivity index (χ2n) is 4.21. The molecule has 4 heteroatoms. The van der Waals surface area contributed by atoms with E-state index in [9.17, 15) is 0 Å². The minimum absolute atomic E-state index is 0.629. The fourth-order valence-corrected chi connectivity index (χ4v) is 2.60. The van der Waals surface area contributed by atoms with Gasteiger partial charge in [-0.2, -0.15) is 0 Å². The third-order valence-corrected chi connectivity index (χ3v) is 3.64. The lowest BCUT2D eigenvalue weighted by atomic mass is 9.99. The van der Waals surface area contributed by atoms with Crippen LogP contribution in [0.5, 0.6) is 0 Å². The Morgan fingerprint density at radius 1 is 0.895 bits per heavy atom. The predicted molar refractivity (Wildman–Crippen MR) is 84.3 cm³/mol. The van der Waals surface area contributed by atoms with Gasteiger partial charge in [-0.3, -0.25) is 0 Å². The van der Waals surface area contributed by atoms with Crippen LogP contribution in [0.1, 0.15) is 12.5 Å². The zero-order valence-electron chi connectivity index (χ0n) is 10.5. The van der Waals surface area contributed by atoms with Gasteiger partial charge in [0, 0.05) is 27.2 Å². The molecule has 0 amide bonds. The summed E-state index contributed by atoms with van der Waals surface area (Å²) in [5, 5.41) is 5.27. The Morgan fingerprint density at radius 2 is 1.58 bits per heavy atom. The van der Waals surface area contributed by atoms with Gasteiger partial charge in [0.15, 0.2) is 0 Å². The number of nitrogens with one attached hydrogen (secondary N) is 1. The minimum Gasteiger partial charge on any atom is -0.313 e. The number of benzene rings is 2. The van der Waals surface area contributed by atoms with Crippen LogP contribution < -0.4 is 5.32 Å². The van der Waals surface area contributed by atoms with E-state index in [-0.39, 0.29) is 0 Å². The van der Waals surface area contributed by atoms with Crippen molar-refractivity contribution in [1.29, 1.82) is 0 Å². The monoisotopic (exact) mass is 313 g/mol. The molecule has 0 unspecified atom stereocenters. The molecular weight excluding hydrogens is 301 g/mol. The molecule has 0 saturated heterocycles. The molecule has 19 heavy (non-hydrogen) atoms. The van der Waals surface area contributed by atoms with E-state index >= 15 is 0 Å². The topological polar surface area (TPSA) is 12.0 Å². The van der Waals surface area contributed by atoms with E-state index in [1.807, 2.05) is 30.3 Å². The zero-order chi connectivity index (χ0) is 13.8. The van der Waals surface area contributed by atoms with Crippen LogP contribution in [-0.2, 0) is 6.54 Å². The molecule has 2 aromatic carbocycles. The summed E-state index contributed by atoms with van der Waals surface area (Å²) in [6.07, 6.45) is 0. The smallest absolute Gasteiger partial charge is 0.0499 e. The van der Waals surface area contributed by atoms with Gasteiger partial charge in [0.25, 0.3) is 0 Å². The van der Waals surface area contributed by atoms with Gasteiger partial charge in [-0.05, 0) is 41.9 Å².